The normalized spacial score (nSPS) is 21.6. The van der Waals surface area contributed by atoms with Crippen molar-refractivity contribution in [2.75, 3.05) is 17.7 Å². The summed E-state index contributed by atoms with van der Waals surface area (Å²) in [5.74, 6) is -1.01. The number of nitrogen functional groups attached to an aromatic ring is 1. The van der Waals surface area contributed by atoms with E-state index >= 15 is 0 Å². The summed E-state index contributed by atoms with van der Waals surface area (Å²) in [5, 5.41) is 7.42. The molecule has 0 saturated carbocycles. The number of thiazole rings is 1. The maximum absolute atomic E-state index is 14.1. The van der Waals surface area contributed by atoms with Crippen molar-refractivity contribution in [2.24, 2.45) is 12.8 Å². The van der Waals surface area contributed by atoms with Gasteiger partial charge in [-0.1, -0.05) is 23.5 Å². The van der Waals surface area contributed by atoms with Crippen LogP contribution in [-0.2, 0) is 11.8 Å². The van der Waals surface area contributed by atoms with Gasteiger partial charge in [-0.05, 0) is 25.0 Å². The number of carbonyl (C=O) groups is 1. The molecule has 2 aromatic heterocycles. The van der Waals surface area contributed by atoms with Gasteiger partial charge in [-0.15, -0.1) is 0 Å². The van der Waals surface area contributed by atoms with E-state index in [2.05, 4.69) is 15.4 Å². The molecule has 1 fully saturated rings. The number of benzene rings is 1. The number of anilines is 2. The lowest BCUT2D eigenvalue weighted by molar-refractivity contribution is 0.0247. The van der Waals surface area contributed by atoms with Gasteiger partial charge >= 0.3 is 0 Å². The topological polar surface area (TPSA) is 121 Å². The first-order chi connectivity index (χ1) is 14.8. The van der Waals surface area contributed by atoms with E-state index in [1.807, 2.05) is 0 Å². The number of alkyl halides is 1. The van der Waals surface area contributed by atoms with Crippen LogP contribution in [0.2, 0.25) is 0 Å². The van der Waals surface area contributed by atoms with Crippen LogP contribution in [0.15, 0.2) is 30.5 Å². The molecular weight excluding hydrogens is 426 g/mol. The number of rotatable bonds is 4. The van der Waals surface area contributed by atoms with Crippen LogP contribution in [0.3, 0.4) is 0 Å². The van der Waals surface area contributed by atoms with E-state index in [1.54, 1.807) is 29.9 Å². The molecule has 3 heterocycles. The predicted octanol–water partition coefficient (Wildman–Crippen LogP) is 3.03. The molecule has 3 aromatic rings. The summed E-state index contributed by atoms with van der Waals surface area (Å²) in [6.07, 6.45) is 0.684. The zero-order valence-electron chi connectivity index (χ0n) is 16.7. The van der Waals surface area contributed by atoms with Crippen molar-refractivity contribution >= 4 is 27.9 Å². The van der Waals surface area contributed by atoms with Crippen LogP contribution in [0.1, 0.15) is 35.1 Å². The summed E-state index contributed by atoms with van der Waals surface area (Å²) < 4.78 is 35.2. The minimum atomic E-state index is -1.25. The molecule has 31 heavy (non-hydrogen) atoms. The number of nitrogens with zero attached hydrogens (tertiary/aromatic N) is 3. The number of aromatic nitrogens is 3. The highest BCUT2D eigenvalue weighted by molar-refractivity contribution is 7.19. The first-order valence-corrected chi connectivity index (χ1v) is 10.5. The van der Waals surface area contributed by atoms with E-state index in [1.165, 1.54) is 12.3 Å². The van der Waals surface area contributed by atoms with Gasteiger partial charge in [-0.2, -0.15) is 5.10 Å². The standard InChI is InChI=1S/C20H22F2N6O2S/c1-28-17(15-7-6-13(23)12(22)9-30-15)14(8-25-28)26-19(29)16-18(24)31-20(27-16)10-4-2-3-5-11(10)21/h2-5,8,12-13,15H,6-7,9,23-24H2,1H3,(H,26,29)/t12-,13-,15+/m1/s1. The molecule has 0 bridgehead atoms. The van der Waals surface area contributed by atoms with Gasteiger partial charge in [0.2, 0.25) is 0 Å². The summed E-state index contributed by atoms with van der Waals surface area (Å²) in [6, 6.07) is 5.54. The van der Waals surface area contributed by atoms with Crippen molar-refractivity contribution in [1.82, 2.24) is 14.8 Å². The van der Waals surface area contributed by atoms with Gasteiger partial charge in [0, 0.05) is 18.7 Å². The molecule has 0 unspecified atom stereocenters. The molecule has 5 N–H and O–H groups in total. The molecule has 1 aromatic carbocycles. The summed E-state index contributed by atoms with van der Waals surface area (Å²) in [4.78, 5) is 17.1. The van der Waals surface area contributed by atoms with Gasteiger partial charge in [-0.3, -0.25) is 9.48 Å². The highest BCUT2D eigenvalue weighted by atomic mass is 32.1. The first kappa shape index (κ1) is 21.3. The van der Waals surface area contributed by atoms with Crippen LogP contribution >= 0.6 is 11.3 Å². The number of nitrogens with two attached hydrogens (primary N) is 2. The molecule has 1 aliphatic heterocycles. The van der Waals surface area contributed by atoms with E-state index in [-0.39, 0.29) is 22.9 Å². The molecular formula is C20H22F2N6O2S. The number of ether oxygens (including phenoxy) is 1. The van der Waals surface area contributed by atoms with Gasteiger partial charge in [0.1, 0.15) is 28.1 Å². The van der Waals surface area contributed by atoms with Gasteiger partial charge in [-0.25, -0.2) is 13.8 Å². The van der Waals surface area contributed by atoms with Crippen LogP contribution in [0.25, 0.3) is 10.6 Å². The number of hydrogen-bond donors (Lipinski definition) is 3. The molecule has 1 amide bonds. The number of hydrogen-bond acceptors (Lipinski definition) is 7. The Morgan fingerprint density at radius 3 is 2.90 bits per heavy atom. The number of nitrogens with one attached hydrogen (secondary N) is 1. The summed E-state index contributed by atoms with van der Waals surface area (Å²) in [7, 11) is 1.71. The Bertz CT molecular complexity index is 1090. The predicted molar refractivity (Wildman–Crippen MR) is 114 cm³/mol. The Morgan fingerprint density at radius 2 is 2.13 bits per heavy atom. The smallest absolute Gasteiger partial charge is 0.277 e. The van der Waals surface area contributed by atoms with Crippen LogP contribution in [0.5, 0.6) is 0 Å². The van der Waals surface area contributed by atoms with Crippen molar-refractivity contribution in [3.8, 4) is 10.6 Å². The fourth-order valence-corrected chi connectivity index (χ4v) is 4.36. The Hall–Kier alpha value is -2.89. The third-order valence-electron chi connectivity index (χ3n) is 5.19. The lowest BCUT2D eigenvalue weighted by atomic mass is 10.0. The van der Waals surface area contributed by atoms with Crippen LogP contribution in [0.4, 0.5) is 19.5 Å². The molecule has 0 spiro atoms. The third kappa shape index (κ3) is 4.29. The largest absolute Gasteiger partial charge is 0.389 e. The molecule has 1 saturated heterocycles. The summed E-state index contributed by atoms with van der Waals surface area (Å²) in [5.41, 5.74) is 13.1. The second-order valence-electron chi connectivity index (χ2n) is 7.31. The van der Waals surface area contributed by atoms with E-state index < -0.39 is 30.0 Å². The van der Waals surface area contributed by atoms with Crippen molar-refractivity contribution < 1.29 is 18.3 Å². The quantitative estimate of drug-likeness (QED) is 0.564. The maximum Gasteiger partial charge on any atom is 0.277 e. The summed E-state index contributed by atoms with van der Waals surface area (Å²) in [6.45, 7) is -0.130. The number of carbonyl (C=O) groups excluding carboxylic acids is 1. The van der Waals surface area contributed by atoms with Crippen molar-refractivity contribution in [2.45, 2.75) is 31.2 Å². The highest BCUT2D eigenvalue weighted by Crippen LogP contribution is 2.34. The number of aryl methyl sites for hydroxylation is 1. The fourth-order valence-electron chi connectivity index (χ4n) is 3.51. The second kappa shape index (κ2) is 8.69. The van der Waals surface area contributed by atoms with Crippen molar-refractivity contribution in [3.63, 3.8) is 0 Å². The molecule has 0 aliphatic carbocycles. The molecule has 164 valence electrons. The minimum absolute atomic E-state index is 0.00862. The van der Waals surface area contributed by atoms with Gasteiger partial charge < -0.3 is 21.5 Å². The lowest BCUT2D eigenvalue weighted by Gasteiger charge is -2.17. The Morgan fingerprint density at radius 1 is 1.35 bits per heavy atom. The molecule has 11 heteroatoms. The monoisotopic (exact) mass is 448 g/mol. The van der Waals surface area contributed by atoms with Crippen LogP contribution in [0, 0.1) is 5.82 Å². The Balaban J connectivity index is 1.57. The number of halogens is 2. The molecule has 1 aliphatic rings. The molecule has 3 atom stereocenters. The summed E-state index contributed by atoms with van der Waals surface area (Å²) >= 11 is 1.03. The molecule has 0 radical (unpaired) electrons. The zero-order valence-corrected chi connectivity index (χ0v) is 17.5. The number of amides is 1. The van der Waals surface area contributed by atoms with E-state index in [4.69, 9.17) is 16.2 Å². The lowest BCUT2D eigenvalue weighted by Crippen LogP contribution is -2.32. The first-order valence-electron chi connectivity index (χ1n) is 9.70. The van der Waals surface area contributed by atoms with Gasteiger partial charge in [0.05, 0.1) is 24.2 Å². The van der Waals surface area contributed by atoms with Crippen molar-refractivity contribution in [3.05, 3.63) is 47.7 Å². The Kier molecular flexibility index (Phi) is 5.99. The van der Waals surface area contributed by atoms with Crippen LogP contribution < -0.4 is 16.8 Å². The molecule has 4 rings (SSSR count). The maximum atomic E-state index is 14.1. The molecule has 8 nitrogen and oxygen atoms in total. The highest BCUT2D eigenvalue weighted by Gasteiger charge is 2.30. The van der Waals surface area contributed by atoms with Gasteiger partial charge in [0.25, 0.3) is 5.91 Å². The van der Waals surface area contributed by atoms with Crippen molar-refractivity contribution in [1.29, 1.82) is 0 Å². The van der Waals surface area contributed by atoms with E-state index in [0.717, 1.165) is 11.3 Å². The Labute approximate surface area is 181 Å². The second-order valence-corrected chi connectivity index (χ2v) is 8.34. The van der Waals surface area contributed by atoms with E-state index in [9.17, 15) is 13.6 Å². The zero-order chi connectivity index (χ0) is 22.1. The third-order valence-corrected chi connectivity index (χ3v) is 6.11. The average molecular weight is 448 g/mol. The minimum Gasteiger partial charge on any atom is -0.389 e. The van der Waals surface area contributed by atoms with E-state index in [0.29, 0.717) is 29.2 Å². The van der Waals surface area contributed by atoms with Gasteiger partial charge in [0.15, 0.2) is 5.69 Å². The van der Waals surface area contributed by atoms with Crippen LogP contribution in [-0.4, -0.2) is 39.5 Å². The average Bonchev–Trinajstić information content (AvgIpc) is 3.25. The fraction of sp³-hybridized carbons (Fsp3) is 0.350. The SMILES string of the molecule is Cn1ncc(NC(=O)c2nc(-c3ccccc3F)sc2N)c1[C@@H]1CC[C@@H](N)[C@H](F)CO1.